The number of carbonyl (C=O) groups excluding carboxylic acids is 1. The molecule has 2 aromatic carbocycles. The van der Waals surface area contributed by atoms with Crippen LogP contribution in [0.5, 0.6) is 0 Å². The molecule has 1 unspecified atom stereocenters. The van der Waals surface area contributed by atoms with Crippen LogP contribution in [0.1, 0.15) is 11.7 Å². The summed E-state index contributed by atoms with van der Waals surface area (Å²) in [7, 11) is 0. The van der Waals surface area contributed by atoms with Gasteiger partial charge in [-0.25, -0.2) is 0 Å². The lowest BCUT2D eigenvalue weighted by molar-refractivity contribution is 0.0892. The number of fused-ring (bicyclic) bond motifs is 1. The van der Waals surface area contributed by atoms with E-state index < -0.39 is 6.04 Å². The van der Waals surface area contributed by atoms with Crippen molar-refractivity contribution in [3.05, 3.63) is 57.7 Å². The molecule has 3 aromatic rings. The van der Waals surface area contributed by atoms with Gasteiger partial charge in [-0.2, -0.15) is 0 Å². The number of benzene rings is 2. The maximum atomic E-state index is 12.4. The highest BCUT2D eigenvalue weighted by atomic mass is 35.5. The van der Waals surface area contributed by atoms with Gasteiger partial charge in [0.05, 0.1) is 21.6 Å². The van der Waals surface area contributed by atoms with E-state index in [1.165, 1.54) is 0 Å². The van der Waals surface area contributed by atoms with Crippen molar-refractivity contribution in [3.63, 3.8) is 0 Å². The highest BCUT2D eigenvalue weighted by molar-refractivity contribution is 6.42. The van der Waals surface area contributed by atoms with Crippen LogP contribution >= 0.6 is 34.8 Å². The first-order valence-electron chi connectivity index (χ1n) is 6.94. The molecule has 0 spiro atoms. The van der Waals surface area contributed by atoms with E-state index in [-0.39, 0.29) is 5.91 Å². The van der Waals surface area contributed by atoms with Gasteiger partial charge in [0.1, 0.15) is 0 Å². The first kappa shape index (κ1) is 16.3. The molecule has 118 valence electrons. The summed E-state index contributed by atoms with van der Waals surface area (Å²) in [6.45, 7) is 1.66. The third kappa shape index (κ3) is 2.98. The van der Waals surface area contributed by atoms with Crippen molar-refractivity contribution in [2.24, 2.45) is 5.73 Å². The van der Waals surface area contributed by atoms with Crippen LogP contribution in [0.3, 0.4) is 0 Å². The Morgan fingerprint density at radius 1 is 1.09 bits per heavy atom. The SMILES string of the molecule is CC(N)C(=O)n1cc(-c2ccc(Cl)c(Cl)c2)c2cc(Cl)ccc21. The first-order valence-corrected chi connectivity index (χ1v) is 8.07. The summed E-state index contributed by atoms with van der Waals surface area (Å²) in [6, 6.07) is 10.1. The lowest BCUT2D eigenvalue weighted by Gasteiger charge is -2.06. The lowest BCUT2D eigenvalue weighted by Crippen LogP contribution is -2.31. The Balaban J connectivity index is 2.29. The minimum absolute atomic E-state index is 0.191. The normalized spacial score (nSPS) is 12.6. The van der Waals surface area contributed by atoms with E-state index >= 15 is 0 Å². The maximum absolute atomic E-state index is 12.4. The summed E-state index contributed by atoms with van der Waals surface area (Å²) in [5, 5.41) is 2.36. The molecule has 0 amide bonds. The fourth-order valence-electron chi connectivity index (χ4n) is 2.50. The third-order valence-corrected chi connectivity index (χ3v) is 4.60. The molecule has 1 atom stereocenters. The molecular weight excluding hydrogens is 355 g/mol. The van der Waals surface area contributed by atoms with Crippen LogP contribution in [0.2, 0.25) is 15.1 Å². The smallest absolute Gasteiger partial charge is 0.247 e. The first-order chi connectivity index (χ1) is 10.9. The average Bonchev–Trinajstić information content (AvgIpc) is 2.87. The zero-order valence-corrected chi connectivity index (χ0v) is 14.5. The third-order valence-electron chi connectivity index (χ3n) is 3.62. The van der Waals surface area contributed by atoms with E-state index in [1.807, 2.05) is 12.1 Å². The van der Waals surface area contributed by atoms with E-state index in [2.05, 4.69) is 0 Å². The molecule has 3 nitrogen and oxygen atoms in total. The molecular formula is C17H13Cl3N2O. The van der Waals surface area contributed by atoms with Crippen LogP contribution in [-0.2, 0) is 0 Å². The van der Waals surface area contributed by atoms with Gasteiger partial charge in [0.2, 0.25) is 5.91 Å². The number of nitrogens with zero attached hydrogens (tertiary/aromatic N) is 1. The minimum Gasteiger partial charge on any atom is -0.320 e. The minimum atomic E-state index is -0.608. The van der Waals surface area contributed by atoms with Gasteiger partial charge < -0.3 is 5.73 Å². The summed E-state index contributed by atoms with van der Waals surface area (Å²) in [5.41, 5.74) is 8.19. The molecule has 3 rings (SSSR count). The van der Waals surface area contributed by atoms with Crippen molar-refractivity contribution >= 4 is 51.6 Å². The Morgan fingerprint density at radius 2 is 1.83 bits per heavy atom. The fourth-order valence-corrected chi connectivity index (χ4v) is 2.97. The zero-order valence-electron chi connectivity index (χ0n) is 12.2. The predicted octanol–water partition coefficient (Wildman–Crippen LogP) is 5.26. The standard InChI is InChI=1S/C17H13Cl3N2O/c1-9(21)17(23)22-8-13(10-2-4-14(19)15(20)6-10)12-7-11(18)3-5-16(12)22/h2-9H,21H2,1H3. The van der Waals surface area contributed by atoms with Crippen molar-refractivity contribution in [2.75, 3.05) is 0 Å². The second kappa shape index (κ2) is 6.17. The number of hydrogen-bond donors (Lipinski definition) is 1. The number of aromatic nitrogens is 1. The van der Waals surface area contributed by atoms with Crippen molar-refractivity contribution in [2.45, 2.75) is 13.0 Å². The second-order valence-corrected chi connectivity index (χ2v) is 6.58. The molecule has 0 saturated carbocycles. The molecule has 0 radical (unpaired) electrons. The van der Waals surface area contributed by atoms with E-state index in [9.17, 15) is 4.79 Å². The fraction of sp³-hybridized carbons (Fsp3) is 0.118. The van der Waals surface area contributed by atoms with Gasteiger partial charge >= 0.3 is 0 Å². The largest absolute Gasteiger partial charge is 0.320 e. The van der Waals surface area contributed by atoms with Gasteiger partial charge in [-0.05, 0) is 42.8 Å². The molecule has 1 heterocycles. The molecule has 0 aliphatic rings. The van der Waals surface area contributed by atoms with Crippen LogP contribution in [0.25, 0.3) is 22.0 Å². The molecule has 23 heavy (non-hydrogen) atoms. The molecule has 0 aliphatic heterocycles. The molecule has 6 heteroatoms. The Morgan fingerprint density at radius 3 is 2.48 bits per heavy atom. The summed E-state index contributed by atoms with van der Waals surface area (Å²) in [6.07, 6.45) is 1.76. The van der Waals surface area contributed by atoms with Crippen LogP contribution in [-0.4, -0.2) is 16.5 Å². The van der Waals surface area contributed by atoms with Gasteiger partial charge in [0, 0.05) is 22.2 Å². The summed E-state index contributed by atoms with van der Waals surface area (Å²) >= 11 is 18.2. The summed E-state index contributed by atoms with van der Waals surface area (Å²) < 4.78 is 1.55. The number of carbonyl (C=O) groups is 1. The quantitative estimate of drug-likeness (QED) is 0.672. The second-order valence-electron chi connectivity index (χ2n) is 5.33. The van der Waals surface area contributed by atoms with E-state index in [1.54, 1.807) is 42.0 Å². The summed E-state index contributed by atoms with van der Waals surface area (Å²) in [4.78, 5) is 12.4. The number of hydrogen-bond acceptors (Lipinski definition) is 2. The Kier molecular flexibility index (Phi) is 4.39. The monoisotopic (exact) mass is 366 g/mol. The maximum Gasteiger partial charge on any atom is 0.247 e. The van der Waals surface area contributed by atoms with Crippen LogP contribution in [0, 0.1) is 0 Å². The molecule has 0 fully saturated rings. The van der Waals surface area contributed by atoms with Crippen LogP contribution < -0.4 is 5.73 Å². The van der Waals surface area contributed by atoms with Gasteiger partial charge in [-0.15, -0.1) is 0 Å². The van der Waals surface area contributed by atoms with Crippen molar-refractivity contribution in [1.82, 2.24) is 4.57 Å². The topological polar surface area (TPSA) is 48.0 Å². The van der Waals surface area contributed by atoms with E-state index in [4.69, 9.17) is 40.5 Å². The zero-order chi connectivity index (χ0) is 16.7. The Bertz CT molecular complexity index is 916. The van der Waals surface area contributed by atoms with Crippen LogP contribution in [0.4, 0.5) is 0 Å². The van der Waals surface area contributed by atoms with Gasteiger partial charge in [0.25, 0.3) is 0 Å². The Labute approximate surface area is 148 Å². The molecule has 0 aliphatic carbocycles. The highest BCUT2D eigenvalue weighted by Crippen LogP contribution is 2.35. The Hall–Kier alpha value is -1.52. The van der Waals surface area contributed by atoms with E-state index in [0.29, 0.717) is 15.1 Å². The predicted molar refractivity (Wildman–Crippen MR) is 96.7 cm³/mol. The number of halogens is 3. The van der Waals surface area contributed by atoms with Crippen LogP contribution in [0.15, 0.2) is 42.6 Å². The number of nitrogens with two attached hydrogens (primary N) is 1. The number of rotatable bonds is 2. The molecule has 0 bridgehead atoms. The van der Waals surface area contributed by atoms with Crippen molar-refractivity contribution in [1.29, 1.82) is 0 Å². The highest BCUT2D eigenvalue weighted by Gasteiger charge is 2.18. The summed E-state index contributed by atoms with van der Waals surface area (Å²) in [5.74, 6) is -0.191. The van der Waals surface area contributed by atoms with Gasteiger partial charge in [0.15, 0.2) is 0 Å². The van der Waals surface area contributed by atoms with Gasteiger partial charge in [-0.3, -0.25) is 9.36 Å². The van der Waals surface area contributed by atoms with E-state index in [0.717, 1.165) is 22.0 Å². The van der Waals surface area contributed by atoms with Crippen molar-refractivity contribution in [3.8, 4) is 11.1 Å². The molecule has 1 aromatic heterocycles. The van der Waals surface area contributed by atoms with Crippen molar-refractivity contribution < 1.29 is 4.79 Å². The average molecular weight is 368 g/mol. The van der Waals surface area contributed by atoms with Gasteiger partial charge in [-0.1, -0.05) is 40.9 Å². The lowest BCUT2D eigenvalue weighted by atomic mass is 10.1. The molecule has 2 N–H and O–H groups in total. The molecule has 0 saturated heterocycles.